The van der Waals surface area contributed by atoms with Crippen molar-refractivity contribution in [2.24, 2.45) is 0 Å². The van der Waals surface area contributed by atoms with Gasteiger partial charge in [-0.25, -0.2) is 4.98 Å². The molecule has 0 aromatic carbocycles. The number of nitrogens with zero attached hydrogens (tertiary/aromatic N) is 1. The Hall–Kier alpha value is -1.23. The van der Waals surface area contributed by atoms with Crippen molar-refractivity contribution in [1.82, 2.24) is 10.3 Å². The summed E-state index contributed by atoms with van der Waals surface area (Å²) in [5.74, 6) is 1.84. The summed E-state index contributed by atoms with van der Waals surface area (Å²) in [6.07, 6.45) is 5.17. The number of nitrogens with one attached hydrogen (secondary N) is 2. The third-order valence-corrected chi connectivity index (χ3v) is 4.75. The highest BCUT2D eigenvalue weighted by Gasteiger charge is 2.28. The molecule has 1 fully saturated rings. The Morgan fingerprint density at radius 3 is 3.11 bits per heavy atom. The lowest BCUT2D eigenvalue weighted by atomic mass is 10.2. The number of carbonyl (C=O) groups is 1. The first kappa shape index (κ1) is 14.2. The summed E-state index contributed by atoms with van der Waals surface area (Å²) >= 11 is 1.95. The fourth-order valence-electron chi connectivity index (χ4n) is 2.46. The SMILES string of the molecule is CCSC1CCCC1NC(=O)c1ccnc(NC)c1. The minimum Gasteiger partial charge on any atom is -0.373 e. The fraction of sp³-hybridized carbons (Fsp3) is 0.571. The molecule has 1 aliphatic rings. The van der Waals surface area contributed by atoms with Gasteiger partial charge in [-0.2, -0.15) is 11.8 Å². The number of rotatable bonds is 5. The molecule has 0 bridgehead atoms. The highest BCUT2D eigenvalue weighted by Crippen LogP contribution is 2.30. The molecule has 2 rings (SSSR count). The summed E-state index contributed by atoms with van der Waals surface area (Å²) < 4.78 is 0. The van der Waals surface area contributed by atoms with Gasteiger partial charge < -0.3 is 10.6 Å². The van der Waals surface area contributed by atoms with Crippen molar-refractivity contribution < 1.29 is 4.79 Å². The number of anilines is 1. The molecule has 2 N–H and O–H groups in total. The first-order valence-corrected chi connectivity index (χ1v) is 7.85. The maximum Gasteiger partial charge on any atom is 0.251 e. The zero-order chi connectivity index (χ0) is 13.7. The van der Waals surface area contributed by atoms with E-state index in [2.05, 4.69) is 22.5 Å². The molecule has 0 spiro atoms. The van der Waals surface area contributed by atoms with Crippen LogP contribution in [0.15, 0.2) is 18.3 Å². The zero-order valence-electron chi connectivity index (χ0n) is 11.5. The van der Waals surface area contributed by atoms with E-state index in [9.17, 15) is 4.79 Å². The third kappa shape index (κ3) is 3.62. The second-order valence-electron chi connectivity index (χ2n) is 4.68. The van der Waals surface area contributed by atoms with Gasteiger partial charge in [-0.15, -0.1) is 0 Å². The van der Waals surface area contributed by atoms with Gasteiger partial charge in [0.25, 0.3) is 5.91 Å². The van der Waals surface area contributed by atoms with Gasteiger partial charge in [0.05, 0.1) is 0 Å². The van der Waals surface area contributed by atoms with E-state index in [1.807, 2.05) is 11.8 Å². The Morgan fingerprint density at radius 1 is 1.53 bits per heavy atom. The minimum atomic E-state index is 0.00695. The molecule has 2 unspecified atom stereocenters. The Bertz CT molecular complexity index is 438. The second-order valence-corrected chi connectivity index (χ2v) is 6.20. The molecule has 0 aliphatic heterocycles. The summed E-state index contributed by atoms with van der Waals surface area (Å²) in [7, 11) is 1.80. The van der Waals surface area contributed by atoms with Gasteiger partial charge in [0, 0.05) is 30.1 Å². The van der Waals surface area contributed by atoms with Crippen LogP contribution in [0, 0.1) is 0 Å². The van der Waals surface area contributed by atoms with Gasteiger partial charge in [-0.05, 0) is 30.7 Å². The quantitative estimate of drug-likeness (QED) is 0.869. The molecular weight excluding hydrogens is 258 g/mol. The molecule has 1 amide bonds. The van der Waals surface area contributed by atoms with Crippen molar-refractivity contribution in [3.8, 4) is 0 Å². The van der Waals surface area contributed by atoms with Crippen molar-refractivity contribution in [3.05, 3.63) is 23.9 Å². The number of hydrogen-bond donors (Lipinski definition) is 2. The van der Waals surface area contributed by atoms with Crippen LogP contribution in [-0.2, 0) is 0 Å². The molecular formula is C14H21N3OS. The largest absolute Gasteiger partial charge is 0.373 e. The van der Waals surface area contributed by atoms with Crippen LogP contribution >= 0.6 is 11.8 Å². The summed E-state index contributed by atoms with van der Waals surface area (Å²) in [6.45, 7) is 2.17. The van der Waals surface area contributed by atoms with E-state index >= 15 is 0 Å². The van der Waals surface area contributed by atoms with Crippen LogP contribution in [0.1, 0.15) is 36.5 Å². The third-order valence-electron chi connectivity index (χ3n) is 3.43. The molecule has 19 heavy (non-hydrogen) atoms. The van der Waals surface area contributed by atoms with Gasteiger partial charge in [0.2, 0.25) is 0 Å². The average Bonchev–Trinajstić information content (AvgIpc) is 2.86. The standard InChI is InChI=1S/C14H21N3OS/c1-3-19-12-6-4-5-11(12)17-14(18)10-7-8-16-13(9-10)15-2/h7-9,11-12H,3-6H2,1-2H3,(H,15,16)(H,17,18). The van der Waals surface area contributed by atoms with E-state index in [4.69, 9.17) is 0 Å². The molecule has 104 valence electrons. The van der Waals surface area contributed by atoms with Gasteiger partial charge in [-0.3, -0.25) is 4.79 Å². The zero-order valence-corrected chi connectivity index (χ0v) is 12.3. The summed E-state index contributed by atoms with van der Waals surface area (Å²) in [5.41, 5.74) is 0.673. The van der Waals surface area contributed by atoms with Crippen LogP contribution in [-0.4, -0.2) is 35.0 Å². The number of hydrogen-bond acceptors (Lipinski definition) is 4. The normalized spacial score (nSPS) is 22.2. The van der Waals surface area contributed by atoms with E-state index < -0.39 is 0 Å². The highest BCUT2D eigenvalue weighted by molar-refractivity contribution is 7.99. The topological polar surface area (TPSA) is 54.0 Å². The lowest BCUT2D eigenvalue weighted by molar-refractivity contribution is 0.0938. The molecule has 5 heteroatoms. The van der Waals surface area contributed by atoms with E-state index in [1.165, 1.54) is 12.8 Å². The van der Waals surface area contributed by atoms with E-state index in [1.54, 1.807) is 25.4 Å². The number of thioether (sulfide) groups is 1. The fourth-order valence-corrected chi connectivity index (χ4v) is 3.66. The Labute approximate surface area is 118 Å². The molecule has 1 aromatic heterocycles. The van der Waals surface area contributed by atoms with Gasteiger partial charge in [0.1, 0.15) is 5.82 Å². The molecule has 0 radical (unpaired) electrons. The molecule has 1 heterocycles. The predicted molar refractivity (Wildman–Crippen MR) is 80.8 cm³/mol. The summed E-state index contributed by atoms with van der Waals surface area (Å²) in [4.78, 5) is 16.4. The van der Waals surface area contributed by atoms with Crippen molar-refractivity contribution in [2.75, 3.05) is 18.1 Å². The van der Waals surface area contributed by atoms with Crippen LogP contribution in [0.2, 0.25) is 0 Å². The van der Waals surface area contributed by atoms with Gasteiger partial charge in [-0.1, -0.05) is 13.3 Å². The Balaban J connectivity index is 1.99. The first-order valence-electron chi connectivity index (χ1n) is 6.81. The van der Waals surface area contributed by atoms with Crippen LogP contribution in [0.25, 0.3) is 0 Å². The van der Waals surface area contributed by atoms with E-state index in [0.29, 0.717) is 16.9 Å². The van der Waals surface area contributed by atoms with Crippen molar-refractivity contribution in [2.45, 2.75) is 37.5 Å². The smallest absolute Gasteiger partial charge is 0.251 e. The van der Waals surface area contributed by atoms with Crippen molar-refractivity contribution >= 4 is 23.5 Å². The van der Waals surface area contributed by atoms with Crippen molar-refractivity contribution in [1.29, 1.82) is 0 Å². The summed E-state index contributed by atoms with van der Waals surface area (Å²) in [5, 5.41) is 6.68. The molecule has 0 saturated heterocycles. The molecule has 1 aromatic rings. The summed E-state index contributed by atoms with van der Waals surface area (Å²) in [6, 6.07) is 3.85. The molecule has 2 atom stereocenters. The maximum atomic E-state index is 12.2. The number of aromatic nitrogens is 1. The Morgan fingerprint density at radius 2 is 2.37 bits per heavy atom. The number of amides is 1. The lowest BCUT2D eigenvalue weighted by Gasteiger charge is -2.20. The minimum absolute atomic E-state index is 0.00695. The average molecular weight is 279 g/mol. The predicted octanol–water partition coefficient (Wildman–Crippen LogP) is 2.53. The Kier molecular flexibility index (Phi) is 5.07. The van der Waals surface area contributed by atoms with Crippen LogP contribution in [0.5, 0.6) is 0 Å². The first-order chi connectivity index (χ1) is 9.24. The molecule has 1 saturated carbocycles. The monoisotopic (exact) mass is 279 g/mol. The molecule has 4 nitrogen and oxygen atoms in total. The van der Waals surface area contributed by atoms with Gasteiger partial charge in [0.15, 0.2) is 0 Å². The van der Waals surface area contributed by atoms with Crippen LogP contribution < -0.4 is 10.6 Å². The van der Waals surface area contributed by atoms with E-state index in [0.717, 1.165) is 18.0 Å². The van der Waals surface area contributed by atoms with Crippen LogP contribution in [0.3, 0.4) is 0 Å². The van der Waals surface area contributed by atoms with Crippen molar-refractivity contribution in [3.63, 3.8) is 0 Å². The number of pyridine rings is 1. The maximum absolute atomic E-state index is 12.2. The number of carbonyl (C=O) groups excluding carboxylic acids is 1. The second kappa shape index (κ2) is 6.80. The highest BCUT2D eigenvalue weighted by atomic mass is 32.2. The lowest BCUT2D eigenvalue weighted by Crippen LogP contribution is -2.38. The van der Waals surface area contributed by atoms with Crippen LogP contribution in [0.4, 0.5) is 5.82 Å². The molecule has 1 aliphatic carbocycles. The van der Waals surface area contributed by atoms with Gasteiger partial charge >= 0.3 is 0 Å². The van der Waals surface area contributed by atoms with E-state index in [-0.39, 0.29) is 5.91 Å².